The zero-order chi connectivity index (χ0) is 28.7. The number of hydrogen-bond acceptors (Lipinski definition) is 12. The zero-order valence-electron chi connectivity index (χ0n) is 22.1. The molecule has 3 rings (SSSR count). The van der Waals surface area contributed by atoms with E-state index in [1.54, 1.807) is 12.1 Å². The maximum atomic E-state index is 11.1. The quantitative estimate of drug-likeness (QED) is 0.173. The molecule has 0 aliphatic carbocycles. The topological polar surface area (TPSA) is 188 Å². The first-order valence-electron chi connectivity index (χ1n) is 12.6. The molecule has 218 valence electrons. The van der Waals surface area contributed by atoms with Crippen molar-refractivity contribution in [1.29, 1.82) is 0 Å². The lowest BCUT2D eigenvalue weighted by molar-refractivity contribution is -0.268. The number of benzene rings is 2. The summed E-state index contributed by atoms with van der Waals surface area (Å²) in [7, 11) is 2.80. The fourth-order valence-corrected chi connectivity index (χ4v) is 4.32. The average molecular weight is 555 g/mol. The van der Waals surface area contributed by atoms with Crippen molar-refractivity contribution in [3.8, 4) is 23.0 Å². The summed E-state index contributed by atoms with van der Waals surface area (Å²) in [6.45, 7) is 0.579. The van der Waals surface area contributed by atoms with E-state index in [0.29, 0.717) is 29.7 Å². The molecule has 2 aromatic rings. The van der Waals surface area contributed by atoms with E-state index in [-0.39, 0.29) is 30.5 Å². The molecule has 12 nitrogen and oxygen atoms in total. The minimum atomic E-state index is -1.52. The van der Waals surface area contributed by atoms with Crippen LogP contribution in [0.5, 0.6) is 23.0 Å². The fourth-order valence-electron chi connectivity index (χ4n) is 4.32. The standard InChI is InChI=1S/C27H38O12/c1-14-22(31)24(33)25(34)27(37-14)39-18-7-6-16(11-19(18)35-2)23(32)21(13-30)38-26-17(12-29)9-15(5-4-8-28)10-20(26)36-3/h6-7,9-11,14,21-25,27-34H,4-5,8,12-13H2,1-3H3. The molecule has 1 fully saturated rings. The Morgan fingerprint density at radius 2 is 1.62 bits per heavy atom. The third-order valence-corrected chi connectivity index (χ3v) is 6.59. The predicted octanol–water partition coefficient (Wildman–Crippen LogP) is -0.199. The van der Waals surface area contributed by atoms with E-state index in [1.807, 2.05) is 0 Å². The van der Waals surface area contributed by atoms with E-state index in [4.69, 9.17) is 28.8 Å². The van der Waals surface area contributed by atoms with E-state index >= 15 is 0 Å². The number of rotatable bonds is 13. The van der Waals surface area contributed by atoms with E-state index in [0.717, 1.165) is 5.56 Å². The second-order valence-corrected chi connectivity index (χ2v) is 9.26. The summed E-state index contributed by atoms with van der Waals surface area (Å²) in [6, 6.07) is 7.83. The Morgan fingerprint density at radius 1 is 0.897 bits per heavy atom. The molecule has 39 heavy (non-hydrogen) atoms. The number of aryl methyl sites for hydroxylation is 1. The maximum absolute atomic E-state index is 11.1. The fraction of sp³-hybridized carbons (Fsp3) is 0.556. The van der Waals surface area contributed by atoms with Crippen LogP contribution in [0.15, 0.2) is 30.3 Å². The van der Waals surface area contributed by atoms with Crippen LogP contribution in [0.25, 0.3) is 0 Å². The van der Waals surface area contributed by atoms with Crippen molar-refractivity contribution in [2.45, 2.75) is 69.3 Å². The summed E-state index contributed by atoms with van der Waals surface area (Å²) >= 11 is 0. The van der Waals surface area contributed by atoms with Gasteiger partial charge in [0.2, 0.25) is 6.29 Å². The molecule has 1 heterocycles. The van der Waals surface area contributed by atoms with Crippen molar-refractivity contribution >= 4 is 0 Å². The van der Waals surface area contributed by atoms with E-state index in [2.05, 4.69) is 0 Å². The Labute approximate surface area is 226 Å². The highest BCUT2D eigenvalue weighted by atomic mass is 16.7. The van der Waals surface area contributed by atoms with Gasteiger partial charge in [-0.05, 0) is 55.2 Å². The van der Waals surface area contributed by atoms with Gasteiger partial charge < -0.3 is 59.4 Å². The molecular formula is C27H38O12. The minimum Gasteiger partial charge on any atom is -0.493 e. The summed E-state index contributed by atoms with van der Waals surface area (Å²) < 4.78 is 27.9. The van der Waals surface area contributed by atoms with Crippen LogP contribution in [-0.2, 0) is 17.8 Å². The summed E-state index contributed by atoms with van der Waals surface area (Å²) in [4.78, 5) is 0. The van der Waals surface area contributed by atoms with Gasteiger partial charge in [0, 0.05) is 12.2 Å². The van der Waals surface area contributed by atoms with Crippen LogP contribution >= 0.6 is 0 Å². The Kier molecular flexibility index (Phi) is 11.2. The van der Waals surface area contributed by atoms with Gasteiger partial charge in [0.25, 0.3) is 0 Å². The van der Waals surface area contributed by atoms with Crippen LogP contribution in [0.3, 0.4) is 0 Å². The molecule has 7 unspecified atom stereocenters. The molecule has 0 spiro atoms. The molecule has 1 aliphatic heterocycles. The SMILES string of the molecule is COc1cc(C(O)C(CO)Oc2c(CO)cc(CCCO)cc2OC)ccc1OC1OC(C)C(O)C(O)C1O. The molecular weight excluding hydrogens is 516 g/mol. The van der Waals surface area contributed by atoms with Gasteiger partial charge in [-0.15, -0.1) is 0 Å². The molecule has 0 aromatic heterocycles. The van der Waals surface area contributed by atoms with Crippen LogP contribution in [0.2, 0.25) is 0 Å². The third kappa shape index (κ3) is 7.10. The number of aliphatic hydroxyl groups excluding tert-OH is 7. The Morgan fingerprint density at radius 3 is 2.23 bits per heavy atom. The van der Waals surface area contributed by atoms with E-state index in [9.17, 15) is 30.6 Å². The summed E-state index contributed by atoms with van der Waals surface area (Å²) in [5.41, 5.74) is 1.51. The molecule has 1 saturated heterocycles. The lowest BCUT2D eigenvalue weighted by Crippen LogP contribution is -2.58. The van der Waals surface area contributed by atoms with Crippen LogP contribution in [0.4, 0.5) is 0 Å². The minimum absolute atomic E-state index is 0.0135. The van der Waals surface area contributed by atoms with Crippen molar-refractivity contribution < 1.29 is 59.4 Å². The first kappa shape index (κ1) is 30.9. The molecule has 1 aliphatic rings. The van der Waals surface area contributed by atoms with Gasteiger partial charge >= 0.3 is 0 Å². The van der Waals surface area contributed by atoms with Crippen LogP contribution in [-0.4, -0.2) is 100.0 Å². The third-order valence-electron chi connectivity index (χ3n) is 6.59. The van der Waals surface area contributed by atoms with Crippen LogP contribution in [0, 0.1) is 0 Å². The predicted molar refractivity (Wildman–Crippen MR) is 137 cm³/mol. The highest BCUT2D eigenvalue weighted by Gasteiger charge is 2.43. The van der Waals surface area contributed by atoms with E-state index in [1.165, 1.54) is 39.3 Å². The second-order valence-electron chi connectivity index (χ2n) is 9.26. The van der Waals surface area contributed by atoms with Gasteiger partial charge in [0.1, 0.15) is 24.4 Å². The van der Waals surface area contributed by atoms with Crippen molar-refractivity contribution in [3.63, 3.8) is 0 Å². The van der Waals surface area contributed by atoms with Gasteiger partial charge in [-0.2, -0.15) is 0 Å². The molecule has 7 atom stereocenters. The molecule has 0 bridgehead atoms. The van der Waals surface area contributed by atoms with Crippen LogP contribution in [0.1, 0.15) is 36.1 Å². The lowest BCUT2D eigenvalue weighted by atomic mass is 10.00. The normalized spacial score (nSPS) is 24.6. The monoisotopic (exact) mass is 554 g/mol. The average Bonchev–Trinajstić information content (AvgIpc) is 2.95. The van der Waals surface area contributed by atoms with Gasteiger partial charge in [0.05, 0.1) is 33.5 Å². The van der Waals surface area contributed by atoms with Gasteiger partial charge in [-0.25, -0.2) is 0 Å². The molecule has 7 N–H and O–H groups in total. The molecule has 2 aromatic carbocycles. The highest BCUT2D eigenvalue weighted by Crippen LogP contribution is 2.38. The van der Waals surface area contributed by atoms with Crippen molar-refractivity contribution in [2.75, 3.05) is 27.4 Å². The number of hydrogen-bond donors (Lipinski definition) is 7. The van der Waals surface area contributed by atoms with Gasteiger partial charge in [0.15, 0.2) is 29.1 Å². The molecule has 12 heteroatoms. The number of methoxy groups -OCH3 is 2. The summed E-state index contributed by atoms with van der Waals surface area (Å²) in [5, 5.41) is 70.4. The molecule has 0 radical (unpaired) electrons. The summed E-state index contributed by atoms with van der Waals surface area (Å²) in [5.74, 6) is 0.761. The Bertz CT molecular complexity index is 1040. The number of aliphatic hydroxyl groups is 7. The molecule has 0 amide bonds. The lowest BCUT2D eigenvalue weighted by Gasteiger charge is -2.39. The van der Waals surface area contributed by atoms with Crippen molar-refractivity contribution in [2.24, 2.45) is 0 Å². The van der Waals surface area contributed by atoms with Gasteiger partial charge in [-0.3, -0.25) is 0 Å². The first-order valence-corrected chi connectivity index (χ1v) is 12.6. The zero-order valence-corrected chi connectivity index (χ0v) is 22.1. The van der Waals surface area contributed by atoms with Crippen LogP contribution < -0.4 is 18.9 Å². The van der Waals surface area contributed by atoms with E-state index < -0.39 is 49.5 Å². The first-order chi connectivity index (χ1) is 18.7. The second kappa shape index (κ2) is 14.1. The van der Waals surface area contributed by atoms with Crippen molar-refractivity contribution in [3.05, 3.63) is 47.0 Å². The molecule has 0 saturated carbocycles. The largest absolute Gasteiger partial charge is 0.493 e. The smallest absolute Gasteiger partial charge is 0.229 e. The maximum Gasteiger partial charge on any atom is 0.229 e. The van der Waals surface area contributed by atoms with Gasteiger partial charge in [-0.1, -0.05) is 6.07 Å². The number of ether oxygens (including phenoxy) is 5. The van der Waals surface area contributed by atoms with Crippen molar-refractivity contribution in [1.82, 2.24) is 0 Å². The Balaban J connectivity index is 1.82. The summed E-state index contributed by atoms with van der Waals surface area (Å²) in [6.07, 6.45) is -7.79. The highest BCUT2D eigenvalue weighted by molar-refractivity contribution is 5.50. The Hall–Kier alpha value is -2.68.